The molecule has 2 saturated heterocycles. The molecule has 1 aromatic carbocycles. The van der Waals surface area contributed by atoms with Gasteiger partial charge >= 0.3 is 0 Å². The predicted molar refractivity (Wildman–Crippen MR) is 102 cm³/mol. The summed E-state index contributed by atoms with van der Waals surface area (Å²) in [4.78, 5) is 26.9. The Hall–Kier alpha value is -2.16. The number of para-hydroxylation sites is 1. The number of benzene rings is 1. The molecule has 0 radical (unpaired) electrons. The van der Waals surface area contributed by atoms with Crippen LogP contribution in [0.1, 0.15) is 24.8 Å². The van der Waals surface area contributed by atoms with Gasteiger partial charge in [0.2, 0.25) is 11.8 Å². The van der Waals surface area contributed by atoms with Crippen molar-refractivity contribution in [1.29, 1.82) is 0 Å². The van der Waals surface area contributed by atoms with Gasteiger partial charge in [0, 0.05) is 19.6 Å². The van der Waals surface area contributed by atoms with Crippen LogP contribution in [-0.2, 0) is 20.7 Å². The van der Waals surface area contributed by atoms with Crippen molar-refractivity contribution in [2.24, 2.45) is 0 Å². The number of anilines is 2. The zero-order chi connectivity index (χ0) is 18.6. The molecule has 0 aliphatic carbocycles. The normalized spacial score (nSPS) is 25.9. The quantitative estimate of drug-likeness (QED) is 0.613. The van der Waals surface area contributed by atoms with Crippen molar-refractivity contribution >= 4 is 23.2 Å². The van der Waals surface area contributed by atoms with E-state index in [4.69, 9.17) is 4.74 Å². The van der Waals surface area contributed by atoms with Gasteiger partial charge in [-0.2, -0.15) is 0 Å². The fraction of sp³-hybridized carbons (Fsp3) is 0.579. The molecule has 8 nitrogen and oxygen atoms in total. The topological polar surface area (TPSA) is 94.7 Å². The number of carbonyl (C=O) groups excluding carboxylic acids is 2. The van der Waals surface area contributed by atoms with E-state index in [-0.39, 0.29) is 30.6 Å². The van der Waals surface area contributed by atoms with Gasteiger partial charge in [0.15, 0.2) is 0 Å². The summed E-state index contributed by atoms with van der Waals surface area (Å²) in [5, 5.41) is 12.7. The highest BCUT2D eigenvalue weighted by molar-refractivity contribution is 5.95. The second kappa shape index (κ2) is 8.24. The summed E-state index contributed by atoms with van der Waals surface area (Å²) < 4.78 is 5.38. The fourth-order valence-electron chi connectivity index (χ4n) is 4.00. The van der Waals surface area contributed by atoms with E-state index in [1.54, 1.807) is 0 Å². The van der Waals surface area contributed by atoms with Gasteiger partial charge in [0.1, 0.15) is 0 Å². The summed E-state index contributed by atoms with van der Waals surface area (Å²) in [7, 11) is 0. The molecule has 2 amide bonds. The number of amides is 2. The van der Waals surface area contributed by atoms with E-state index in [2.05, 4.69) is 32.2 Å². The third kappa shape index (κ3) is 4.40. The van der Waals surface area contributed by atoms with Crippen molar-refractivity contribution in [2.45, 2.75) is 38.0 Å². The second-order valence-corrected chi connectivity index (χ2v) is 7.28. The van der Waals surface area contributed by atoms with Gasteiger partial charge in [-0.25, -0.2) is 0 Å². The molecule has 1 aromatic rings. The van der Waals surface area contributed by atoms with Crippen molar-refractivity contribution in [2.75, 3.05) is 43.5 Å². The number of nitrogens with one attached hydrogen (secondary N) is 4. The zero-order valence-electron chi connectivity index (χ0n) is 15.4. The zero-order valence-corrected chi connectivity index (χ0v) is 15.4. The van der Waals surface area contributed by atoms with E-state index < -0.39 is 0 Å². The molecule has 2 unspecified atom stereocenters. The summed E-state index contributed by atoms with van der Waals surface area (Å²) in [5.74, 6) is -0.141. The minimum Gasteiger partial charge on any atom is -0.383 e. The maximum atomic E-state index is 12.6. The van der Waals surface area contributed by atoms with Crippen LogP contribution < -0.4 is 21.3 Å². The van der Waals surface area contributed by atoms with Crippen molar-refractivity contribution in [3.8, 4) is 0 Å². The minimum atomic E-state index is -0.369. The van der Waals surface area contributed by atoms with Crippen LogP contribution in [0.25, 0.3) is 0 Å². The van der Waals surface area contributed by atoms with Crippen LogP contribution in [0.4, 0.5) is 11.4 Å². The molecule has 146 valence electrons. The van der Waals surface area contributed by atoms with Gasteiger partial charge in [0.25, 0.3) is 0 Å². The Morgan fingerprint density at radius 2 is 2.15 bits per heavy atom. The first-order valence-electron chi connectivity index (χ1n) is 9.72. The SMILES string of the molecule is O=C(CC1NC(=O)CC(N2CCOCC2)N1)Nc1cccc2c1NCCC2. The van der Waals surface area contributed by atoms with Gasteiger partial charge < -0.3 is 20.7 Å². The lowest BCUT2D eigenvalue weighted by molar-refractivity contribution is -0.128. The van der Waals surface area contributed by atoms with Gasteiger partial charge in [0.05, 0.1) is 49.8 Å². The van der Waals surface area contributed by atoms with Crippen LogP contribution in [0.5, 0.6) is 0 Å². The molecule has 0 bridgehead atoms. The Kier molecular flexibility index (Phi) is 5.56. The molecule has 27 heavy (non-hydrogen) atoms. The average molecular weight is 373 g/mol. The highest BCUT2D eigenvalue weighted by Gasteiger charge is 2.31. The first kappa shape index (κ1) is 18.2. The third-order valence-corrected chi connectivity index (χ3v) is 5.33. The molecular weight excluding hydrogens is 346 g/mol. The molecule has 4 N–H and O–H groups in total. The number of ether oxygens (including phenoxy) is 1. The minimum absolute atomic E-state index is 0.0261. The summed E-state index contributed by atoms with van der Waals surface area (Å²) in [6.45, 7) is 3.87. The summed E-state index contributed by atoms with van der Waals surface area (Å²) >= 11 is 0. The first-order valence-corrected chi connectivity index (χ1v) is 9.72. The van der Waals surface area contributed by atoms with E-state index in [9.17, 15) is 9.59 Å². The average Bonchev–Trinajstić information content (AvgIpc) is 2.68. The van der Waals surface area contributed by atoms with Gasteiger partial charge in [-0.3, -0.25) is 19.8 Å². The molecule has 0 aromatic heterocycles. The maximum absolute atomic E-state index is 12.6. The molecule has 2 atom stereocenters. The van der Waals surface area contributed by atoms with Gasteiger partial charge in [-0.15, -0.1) is 0 Å². The smallest absolute Gasteiger partial charge is 0.227 e. The molecule has 2 fully saturated rings. The lowest BCUT2D eigenvalue weighted by atomic mass is 10.0. The fourth-order valence-corrected chi connectivity index (χ4v) is 4.00. The largest absolute Gasteiger partial charge is 0.383 e. The number of hydrogen-bond acceptors (Lipinski definition) is 6. The Bertz CT molecular complexity index is 705. The van der Waals surface area contributed by atoms with Crippen LogP contribution in [0.2, 0.25) is 0 Å². The van der Waals surface area contributed by atoms with Gasteiger partial charge in [-0.05, 0) is 24.5 Å². The number of rotatable bonds is 4. The predicted octanol–water partition coefficient (Wildman–Crippen LogP) is 0.467. The van der Waals surface area contributed by atoms with Crippen LogP contribution in [-0.4, -0.2) is 61.9 Å². The van der Waals surface area contributed by atoms with Crippen molar-refractivity contribution < 1.29 is 14.3 Å². The van der Waals surface area contributed by atoms with E-state index in [0.29, 0.717) is 19.6 Å². The summed E-state index contributed by atoms with van der Waals surface area (Å²) in [6.07, 6.45) is 2.29. The van der Waals surface area contributed by atoms with Crippen molar-refractivity contribution in [3.05, 3.63) is 23.8 Å². The van der Waals surface area contributed by atoms with Crippen LogP contribution in [0.15, 0.2) is 18.2 Å². The van der Waals surface area contributed by atoms with E-state index in [1.165, 1.54) is 5.56 Å². The highest BCUT2D eigenvalue weighted by atomic mass is 16.5. The second-order valence-electron chi connectivity index (χ2n) is 7.28. The molecule has 0 spiro atoms. The molecule has 8 heteroatoms. The van der Waals surface area contributed by atoms with Crippen LogP contribution >= 0.6 is 0 Å². The maximum Gasteiger partial charge on any atom is 0.227 e. The number of carbonyl (C=O) groups is 2. The summed E-state index contributed by atoms with van der Waals surface area (Å²) in [5.41, 5.74) is 3.06. The van der Waals surface area contributed by atoms with Crippen molar-refractivity contribution in [3.63, 3.8) is 0 Å². The Labute approximate surface area is 159 Å². The highest BCUT2D eigenvalue weighted by Crippen LogP contribution is 2.30. The van der Waals surface area contributed by atoms with E-state index >= 15 is 0 Å². The molecule has 0 saturated carbocycles. The molecule has 3 aliphatic rings. The van der Waals surface area contributed by atoms with Gasteiger partial charge in [-0.1, -0.05) is 12.1 Å². The summed E-state index contributed by atoms with van der Waals surface area (Å²) in [6, 6.07) is 5.97. The number of hydrogen-bond donors (Lipinski definition) is 4. The van der Waals surface area contributed by atoms with Crippen LogP contribution in [0, 0.1) is 0 Å². The van der Waals surface area contributed by atoms with E-state index in [0.717, 1.165) is 43.9 Å². The number of aryl methyl sites for hydroxylation is 1. The standard InChI is InChI=1S/C19H27N5O3/c25-17(21-14-5-1-3-13-4-2-6-20-19(13)14)11-15-22-16(12-18(26)23-15)24-7-9-27-10-8-24/h1,3,5,15-16,20,22H,2,4,6-12H2,(H,21,25)(H,23,26). The Morgan fingerprint density at radius 1 is 1.30 bits per heavy atom. The molecule has 3 aliphatic heterocycles. The van der Waals surface area contributed by atoms with Crippen molar-refractivity contribution in [1.82, 2.24) is 15.5 Å². The van der Waals surface area contributed by atoms with Crippen LogP contribution in [0.3, 0.4) is 0 Å². The molecule has 4 rings (SSSR count). The first-order chi connectivity index (χ1) is 13.2. The number of nitrogens with zero attached hydrogens (tertiary/aromatic N) is 1. The monoisotopic (exact) mass is 373 g/mol. The number of morpholine rings is 1. The Morgan fingerprint density at radius 3 is 3.00 bits per heavy atom. The van der Waals surface area contributed by atoms with E-state index in [1.807, 2.05) is 12.1 Å². The lowest BCUT2D eigenvalue weighted by Crippen LogP contribution is -2.63. The lowest BCUT2D eigenvalue weighted by Gasteiger charge is -2.40. The Balaban J connectivity index is 1.37. The molecular formula is C19H27N5O3. The number of fused-ring (bicyclic) bond motifs is 1. The third-order valence-electron chi connectivity index (χ3n) is 5.33. The molecule has 3 heterocycles.